The zero-order valence-corrected chi connectivity index (χ0v) is 15.0. The van der Waals surface area contributed by atoms with Gasteiger partial charge in [0.05, 0.1) is 12.2 Å². The summed E-state index contributed by atoms with van der Waals surface area (Å²) in [5.74, 6) is -0.388. The average Bonchev–Trinajstić information content (AvgIpc) is 2.54. The number of anilines is 1. The van der Waals surface area contributed by atoms with E-state index in [4.69, 9.17) is 22.1 Å². The van der Waals surface area contributed by atoms with Crippen molar-refractivity contribution in [1.29, 1.82) is 0 Å². The Labute approximate surface area is 145 Å². The van der Waals surface area contributed by atoms with Gasteiger partial charge in [0.2, 0.25) is 0 Å². The van der Waals surface area contributed by atoms with Crippen LogP contribution in [0.15, 0.2) is 18.2 Å². The molecule has 0 atom stereocenters. The highest BCUT2D eigenvalue weighted by Gasteiger charge is 2.11. The van der Waals surface area contributed by atoms with Crippen LogP contribution in [0.3, 0.4) is 0 Å². The van der Waals surface area contributed by atoms with E-state index in [0.717, 1.165) is 12.8 Å². The standard InChI is InChI=1S/C19H30ClNO2/c1-2-3-4-5-6-7-8-9-10-11-14-23-19(22)17-15-16(20)12-13-18(17)21/h12-13,15H,2-11,14,21H2,1H3. The highest BCUT2D eigenvalue weighted by atomic mass is 35.5. The van der Waals surface area contributed by atoms with Gasteiger partial charge in [0.1, 0.15) is 0 Å². The quantitative estimate of drug-likeness (QED) is 0.288. The molecule has 0 fully saturated rings. The van der Waals surface area contributed by atoms with Gasteiger partial charge in [0.25, 0.3) is 0 Å². The van der Waals surface area contributed by atoms with Gasteiger partial charge < -0.3 is 10.5 Å². The first kappa shape index (κ1) is 19.8. The van der Waals surface area contributed by atoms with E-state index in [1.165, 1.54) is 51.4 Å². The highest BCUT2D eigenvalue weighted by Crippen LogP contribution is 2.19. The van der Waals surface area contributed by atoms with E-state index in [9.17, 15) is 4.79 Å². The lowest BCUT2D eigenvalue weighted by atomic mass is 10.1. The van der Waals surface area contributed by atoms with Crippen molar-refractivity contribution in [1.82, 2.24) is 0 Å². The molecule has 23 heavy (non-hydrogen) atoms. The topological polar surface area (TPSA) is 52.3 Å². The van der Waals surface area contributed by atoms with Crippen molar-refractivity contribution in [3.05, 3.63) is 28.8 Å². The summed E-state index contributed by atoms with van der Waals surface area (Å²) in [6.45, 7) is 2.69. The Kier molecular flexibility index (Phi) is 10.5. The number of nitrogens with two attached hydrogens (primary N) is 1. The molecular formula is C19H30ClNO2. The molecule has 4 heteroatoms. The predicted octanol–water partition coefficient (Wildman–Crippen LogP) is 6.00. The molecule has 1 rings (SSSR count). The summed E-state index contributed by atoms with van der Waals surface area (Å²) in [5.41, 5.74) is 6.52. The van der Waals surface area contributed by atoms with Gasteiger partial charge in [-0.3, -0.25) is 0 Å². The lowest BCUT2D eigenvalue weighted by Gasteiger charge is -2.07. The van der Waals surface area contributed by atoms with Crippen LogP contribution in [0.25, 0.3) is 0 Å². The van der Waals surface area contributed by atoms with Crippen LogP contribution in [0, 0.1) is 0 Å². The minimum atomic E-state index is -0.388. The van der Waals surface area contributed by atoms with Crippen molar-refractivity contribution < 1.29 is 9.53 Å². The van der Waals surface area contributed by atoms with Gasteiger partial charge >= 0.3 is 5.97 Å². The van der Waals surface area contributed by atoms with Crippen molar-refractivity contribution in [2.75, 3.05) is 12.3 Å². The van der Waals surface area contributed by atoms with Crippen LogP contribution >= 0.6 is 11.6 Å². The molecule has 0 spiro atoms. The third-order valence-corrected chi connectivity index (χ3v) is 4.20. The van der Waals surface area contributed by atoms with Crippen molar-refractivity contribution in [2.24, 2.45) is 0 Å². The molecule has 0 amide bonds. The number of halogens is 1. The fourth-order valence-corrected chi connectivity index (χ4v) is 2.71. The molecule has 0 bridgehead atoms. The molecule has 0 unspecified atom stereocenters. The van der Waals surface area contributed by atoms with Crippen LogP contribution in [0.1, 0.15) is 81.5 Å². The van der Waals surface area contributed by atoms with Gasteiger partial charge in [-0.05, 0) is 24.6 Å². The number of esters is 1. The monoisotopic (exact) mass is 339 g/mol. The number of rotatable bonds is 12. The van der Waals surface area contributed by atoms with E-state index in [2.05, 4.69) is 6.92 Å². The maximum absolute atomic E-state index is 11.9. The summed E-state index contributed by atoms with van der Waals surface area (Å²) in [6, 6.07) is 4.84. The molecule has 3 nitrogen and oxygen atoms in total. The average molecular weight is 340 g/mol. The number of unbranched alkanes of at least 4 members (excludes halogenated alkanes) is 9. The Balaban J connectivity index is 2.02. The molecule has 130 valence electrons. The minimum Gasteiger partial charge on any atom is -0.462 e. The first-order valence-corrected chi connectivity index (χ1v) is 9.25. The van der Waals surface area contributed by atoms with E-state index < -0.39 is 0 Å². The van der Waals surface area contributed by atoms with E-state index in [0.29, 0.717) is 22.9 Å². The molecule has 2 N–H and O–H groups in total. The lowest BCUT2D eigenvalue weighted by molar-refractivity contribution is 0.0499. The van der Waals surface area contributed by atoms with E-state index in [1.54, 1.807) is 18.2 Å². The van der Waals surface area contributed by atoms with Crippen molar-refractivity contribution in [2.45, 2.75) is 71.1 Å². The predicted molar refractivity (Wildman–Crippen MR) is 98.0 cm³/mol. The lowest BCUT2D eigenvalue weighted by Crippen LogP contribution is -2.09. The molecule has 0 aliphatic rings. The Bertz CT molecular complexity index is 463. The van der Waals surface area contributed by atoms with Gasteiger partial charge in [-0.25, -0.2) is 4.79 Å². The molecular weight excluding hydrogens is 310 g/mol. The zero-order valence-electron chi connectivity index (χ0n) is 14.3. The normalized spacial score (nSPS) is 10.7. The maximum Gasteiger partial charge on any atom is 0.340 e. The molecule has 0 aliphatic heterocycles. The number of benzene rings is 1. The molecule has 1 aromatic carbocycles. The number of hydrogen-bond acceptors (Lipinski definition) is 3. The van der Waals surface area contributed by atoms with E-state index >= 15 is 0 Å². The van der Waals surface area contributed by atoms with Crippen LogP contribution in [-0.2, 0) is 4.74 Å². The fraction of sp³-hybridized carbons (Fsp3) is 0.632. The molecule has 0 radical (unpaired) electrons. The van der Waals surface area contributed by atoms with Crippen LogP contribution in [0.2, 0.25) is 5.02 Å². The SMILES string of the molecule is CCCCCCCCCCCCOC(=O)c1cc(Cl)ccc1N. The number of hydrogen-bond donors (Lipinski definition) is 1. The van der Waals surface area contributed by atoms with Crippen LogP contribution in [-0.4, -0.2) is 12.6 Å². The summed E-state index contributed by atoms with van der Waals surface area (Å²) in [5, 5.41) is 0.491. The van der Waals surface area contributed by atoms with Gasteiger partial charge in [-0.15, -0.1) is 0 Å². The Hall–Kier alpha value is -1.22. The molecule has 0 aromatic heterocycles. The number of carbonyl (C=O) groups excluding carboxylic acids is 1. The number of carbonyl (C=O) groups is 1. The van der Waals surface area contributed by atoms with Crippen LogP contribution < -0.4 is 5.73 Å². The van der Waals surface area contributed by atoms with Gasteiger partial charge in [-0.1, -0.05) is 76.3 Å². The second-order valence-electron chi connectivity index (χ2n) is 6.05. The summed E-state index contributed by atoms with van der Waals surface area (Å²) in [4.78, 5) is 11.9. The van der Waals surface area contributed by atoms with Crippen molar-refractivity contribution in [3.8, 4) is 0 Å². The minimum absolute atomic E-state index is 0.351. The van der Waals surface area contributed by atoms with Crippen LogP contribution in [0.5, 0.6) is 0 Å². The van der Waals surface area contributed by atoms with Gasteiger partial charge in [0.15, 0.2) is 0 Å². The van der Waals surface area contributed by atoms with E-state index in [1.807, 2.05) is 0 Å². The molecule has 0 saturated heterocycles. The third kappa shape index (κ3) is 8.85. The summed E-state index contributed by atoms with van der Waals surface area (Å²) >= 11 is 5.87. The second kappa shape index (κ2) is 12.2. The smallest absolute Gasteiger partial charge is 0.340 e. The summed E-state index contributed by atoms with van der Waals surface area (Å²) < 4.78 is 5.26. The molecule has 0 heterocycles. The van der Waals surface area contributed by atoms with Crippen LogP contribution in [0.4, 0.5) is 5.69 Å². The van der Waals surface area contributed by atoms with Gasteiger partial charge in [0, 0.05) is 10.7 Å². The Morgan fingerprint density at radius 3 is 2.17 bits per heavy atom. The number of ether oxygens (including phenoxy) is 1. The summed E-state index contributed by atoms with van der Waals surface area (Å²) in [6.07, 6.45) is 12.6. The maximum atomic E-state index is 11.9. The first-order valence-electron chi connectivity index (χ1n) is 8.87. The molecule has 0 saturated carbocycles. The second-order valence-corrected chi connectivity index (χ2v) is 6.49. The Morgan fingerprint density at radius 1 is 1.00 bits per heavy atom. The first-order chi connectivity index (χ1) is 11.1. The summed E-state index contributed by atoms with van der Waals surface area (Å²) in [7, 11) is 0. The largest absolute Gasteiger partial charge is 0.462 e. The fourth-order valence-electron chi connectivity index (χ4n) is 2.54. The number of nitrogen functional groups attached to an aromatic ring is 1. The van der Waals surface area contributed by atoms with Crippen molar-refractivity contribution >= 4 is 23.3 Å². The molecule has 1 aromatic rings. The van der Waals surface area contributed by atoms with Crippen molar-refractivity contribution in [3.63, 3.8) is 0 Å². The Morgan fingerprint density at radius 2 is 1.57 bits per heavy atom. The highest BCUT2D eigenvalue weighted by molar-refractivity contribution is 6.31. The zero-order chi connectivity index (χ0) is 16.9. The molecule has 0 aliphatic carbocycles. The third-order valence-electron chi connectivity index (χ3n) is 3.97. The van der Waals surface area contributed by atoms with Gasteiger partial charge in [-0.2, -0.15) is 0 Å². The van der Waals surface area contributed by atoms with E-state index in [-0.39, 0.29) is 5.97 Å².